The molecule has 0 radical (unpaired) electrons. The van der Waals surface area contributed by atoms with E-state index in [0.29, 0.717) is 6.04 Å². The number of nitrogens with two attached hydrogens (primary N) is 1. The van der Waals surface area contributed by atoms with E-state index >= 15 is 0 Å². The Kier molecular flexibility index (Phi) is 17.9. The molecule has 0 aromatic heterocycles. The molecule has 0 aliphatic heterocycles. The molecule has 1 atom stereocenters. The van der Waals surface area contributed by atoms with Crippen LogP contribution in [0.2, 0.25) is 0 Å². The van der Waals surface area contributed by atoms with Gasteiger partial charge < -0.3 is 5.73 Å². The molecule has 1 unspecified atom stereocenters. The third-order valence-electron chi connectivity index (χ3n) is 4.16. The van der Waals surface area contributed by atoms with Crippen LogP contribution in [0.1, 0.15) is 103 Å². The summed E-state index contributed by atoms with van der Waals surface area (Å²) < 4.78 is 0. The van der Waals surface area contributed by atoms with E-state index in [2.05, 4.69) is 22.9 Å². The molecule has 2 heteroatoms. The third kappa shape index (κ3) is 16.5. The summed E-state index contributed by atoms with van der Waals surface area (Å²) in [7, 11) is 0. The van der Waals surface area contributed by atoms with Crippen LogP contribution in [-0.4, -0.2) is 11.4 Å². The fourth-order valence-corrected chi connectivity index (χ4v) is 3.30. The predicted molar refractivity (Wildman–Crippen MR) is 96.7 cm³/mol. The maximum absolute atomic E-state index is 5.99. The van der Waals surface area contributed by atoms with Crippen molar-refractivity contribution < 1.29 is 0 Å². The van der Waals surface area contributed by atoms with E-state index in [-0.39, 0.29) is 0 Å². The first kappa shape index (κ1) is 20.4. The lowest BCUT2D eigenvalue weighted by molar-refractivity contribution is 0.513. The quantitative estimate of drug-likeness (QED) is 0.247. The summed E-state index contributed by atoms with van der Waals surface area (Å²) in [6.07, 6.45) is 20.9. The first-order valence-corrected chi connectivity index (χ1v) is 10.2. The van der Waals surface area contributed by atoms with Gasteiger partial charge in [0.2, 0.25) is 0 Å². The van der Waals surface area contributed by atoms with Crippen LogP contribution in [0.15, 0.2) is 0 Å². The average Bonchev–Trinajstić information content (AvgIpc) is 2.44. The predicted octanol–water partition coefficient (Wildman–Crippen LogP) is 6.58. The minimum atomic E-state index is 0.419. The molecule has 0 aliphatic rings. The Labute approximate surface area is 136 Å². The van der Waals surface area contributed by atoms with Gasteiger partial charge in [0.25, 0.3) is 0 Å². The average molecular weight is 348 g/mol. The van der Waals surface area contributed by atoms with Crippen molar-refractivity contribution in [3.63, 3.8) is 0 Å². The van der Waals surface area contributed by atoms with Gasteiger partial charge in [0.15, 0.2) is 0 Å². The maximum Gasteiger partial charge on any atom is 0.00467 e. The molecule has 0 aromatic rings. The van der Waals surface area contributed by atoms with Crippen LogP contribution < -0.4 is 5.73 Å². The Hall–Kier alpha value is 0.440. The highest BCUT2D eigenvalue weighted by molar-refractivity contribution is 9.09. The molecule has 0 saturated carbocycles. The van der Waals surface area contributed by atoms with E-state index in [1.807, 2.05) is 0 Å². The molecule has 122 valence electrons. The van der Waals surface area contributed by atoms with Gasteiger partial charge in [0.1, 0.15) is 0 Å². The highest BCUT2D eigenvalue weighted by Gasteiger charge is 2.00. The van der Waals surface area contributed by atoms with Crippen molar-refractivity contribution in [2.75, 3.05) is 5.33 Å². The molecule has 1 nitrogen and oxygen atoms in total. The molecule has 0 bridgehead atoms. The van der Waals surface area contributed by atoms with Gasteiger partial charge in [0.05, 0.1) is 0 Å². The van der Waals surface area contributed by atoms with Crippen LogP contribution in [0, 0.1) is 0 Å². The smallest absolute Gasteiger partial charge is 0.00467 e. The molecule has 0 heterocycles. The Bertz CT molecular complexity index is 173. The van der Waals surface area contributed by atoms with Gasteiger partial charge in [0, 0.05) is 11.4 Å². The molecule has 0 rings (SSSR count). The van der Waals surface area contributed by atoms with Gasteiger partial charge in [-0.25, -0.2) is 0 Å². The molecule has 0 aromatic carbocycles. The van der Waals surface area contributed by atoms with Crippen LogP contribution in [0.4, 0.5) is 0 Å². The van der Waals surface area contributed by atoms with Gasteiger partial charge in [-0.3, -0.25) is 0 Å². The number of hydrogen-bond acceptors (Lipinski definition) is 1. The zero-order valence-corrected chi connectivity index (χ0v) is 15.4. The van der Waals surface area contributed by atoms with Crippen LogP contribution in [-0.2, 0) is 0 Å². The lowest BCUT2D eigenvalue weighted by atomic mass is 10.0. The van der Waals surface area contributed by atoms with Crippen LogP contribution >= 0.6 is 15.9 Å². The van der Waals surface area contributed by atoms with Crippen molar-refractivity contribution in [1.29, 1.82) is 0 Å². The zero-order chi connectivity index (χ0) is 14.9. The number of alkyl halides is 1. The third-order valence-corrected chi connectivity index (χ3v) is 4.62. The number of halogens is 1. The Morgan fingerprint density at radius 1 is 0.650 bits per heavy atom. The zero-order valence-electron chi connectivity index (χ0n) is 13.8. The lowest BCUT2D eigenvalue weighted by Crippen LogP contribution is -2.19. The summed E-state index contributed by atoms with van der Waals surface area (Å²) in [5.74, 6) is 0. The van der Waals surface area contributed by atoms with E-state index < -0.39 is 0 Å². The lowest BCUT2D eigenvalue weighted by Gasteiger charge is -2.09. The van der Waals surface area contributed by atoms with Gasteiger partial charge in [-0.1, -0.05) is 106 Å². The minimum absolute atomic E-state index is 0.419. The first-order chi connectivity index (χ1) is 9.81. The summed E-state index contributed by atoms with van der Waals surface area (Å²) in [5.41, 5.74) is 5.99. The van der Waals surface area contributed by atoms with Crippen molar-refractivity contribution in [3.05, 3.63) is 0 Å². The molecule has 0 amide bonds. The van der Waals surface area contributed by atoms with Crippen molar-refractivity contribution >= 4 is 15.9 Å². The number of rotatable bonds is 16. The second-order valence-corrected chi connectivity index (χ2v) is 7.06. The van der Waals surface area contributed by atoms with Crippen molar-refractivity contribution in [2.24, 2.45) is 5.73 Å². The summed E-state index contributed by atoms with van der Waals surface area (Å²) in [6.45, 7) is 2.29. The molecule has 20 heavy (non-hydrogen) atoms. The number of unbranched alkanes of at least 4 members (excludes halogenated alkanes) is 12. The van der Waals surface area contributed by atoms with Crippen molar-refractivity contribution in [2.45, 2.75) is 109 Å². The highest BCUT2D eigenvalue weighted by atomic mass is 79.9. The van der Waals surface area contributed by atoms with Gasteiger partial charge in [-0.2, -0.15) is 0 Å². The van der Waals surface area contributed by atoms with Gasteiger partial charge in [-0.15, -0.1) is 0 Å². The second-order valence-electron chi connectivity index (χ2n) is 6.27. The second kappa shape index (κ2) is 17.5. The molecule has 0 saturated heterocycles. The van der Waals surface area contributed by atoms with Crippen LogP contribution in [0.25, 0.3) is 0 Å². The summed E-state index contributed by atoms with van der Waals surface area (Å²) in [6, 6.07) is 0.419. The standard InChI is InChI=1S/C18H38BrN/c1-2-3-4-5-6-7-8-9-10-11-12-13-14-15-18(20)16-17-19/h18H,2-17,20H2,1H3. The molecule has 0 spiro atoms. The normalized spacial score (nSPS) is 12.8. The van der Waals surface area contributed by atoms with Crippen LogP contribution in [0.5, 0.6) is 0 Å². The van der Waals surface area contributed by atoms with Gasteiger partial charge >= 0.3 is 0 Å². The maximum atomic E-state index is 5.99. The van der Waals surface area contributed by atoms with E-state index in [1.165, 1.54) is 89.9 Å². The first-order valence-electron chi connectivity index (χ1n) is 9.12. The molecule has 2 N–H and O–H groups in total. The fraction of sp³-hybridized carbons (Fsp3) is 1.00. The van der Waals surface area contributed by atoms with E-state index in [4.69, 9.17) is 5.73 Å². The molecular formula is C18H38BrN. The van der Waals surface area contributed by atoms with E-state index in [1.54, 1.807) is 0 Å². The van der Waals surface area contributed by atoms with E-state index in [9.17, 15) is 0 Å². The number of hydrogen-bond donors (Lipinski definition) is 1. The van der Waals surface area contributed by atoms with Gasteiger partial charge in [-0.05, 0) is 12.8 Å². The highest BCUT2D eigenvalue weighted by Crippen LogP contribution is 2.13. The molecule has 0 fully saturated rings. The Morgan fingerprint density at radius 3 is 1.45 bits per heavy atom. The SMILES string of the molecule is CCCCCCCCCCCCCCCC(N)CCBr. The van der Waals surface area contributed by atoms with Crippen molar-refractivity contribution in [3.8, 4) is 0 Å². The Balaban J connectivity index is 2.99. The Morgan fingerprint density at radius 2 is 1.05 bits per heavy atom. The molecular weight excluding hydrogens is 310 g/mol. The molecule has 0 aliphatic carbocycles. The largest absolute Gasteiger partial charge is 0.328 e. The van der Waals surface area contributed by atoms with E-state index in [0.717, 1.165) is 11.8 Å². The fourth-order valence-electron chi connectivity index (χ4n) is 2.71. The summed E-state index contributed by atoms with van der Waals surface area (Å²) >= 11 is 3.45. The monoisotopic (exact) mass is 347 g/mol. The summed E-state index contributed by atoms with van der Waals surface area (Å²) in [5, 5.41) is 1.05. The topological polar surface area (TPSA) is 26.0 Å². The minimum Gasteiger partial charge on any atom is -0.328 e. The summed E-state index contributed by atoms with van der Waals surface area (Å²) in [4.78, 5) is 0. The van der Waals surface area contributed by atoms with Crippen molar-refractivity contribution in [1.82, 2.24) is 0 Å². The van der Waals surface area contributed by atoms with Crippen LogP contribution in [0.3, 0.4) is 0 Å².